The predicted molar refractivity (Wildman–Crippen MR) is 100 cm³/mol. The highest BCUT2D eigenvalue weighted by Crippen LogP contribution is 2.34. The summed E-state index contributed by atoms with van der Waals surface area (Å²) in [4.78, 5) is 36.2. The van der Waals surface area contributed by atoms with Gasteiger partial charge in [0, 0.05) is 22.6 Å². The zero-order valence-electron chi connectivity index (χ0n) is 15.0. The van der Waals surface area contributed by atoms with Crippen molar-refractivity contribution in [2.45, 2.75) is 34.1 Å². The van der Waals surface area contributed by atoms with Gasteiger partial charge in [-0.05, 0) is 44.4 Å². The fourth-order valence-corrected chi connectivity index (χ4v) is 3.83. The summed E-state index contributed by atoms with van der Waals surface area (Å²) >= 11 is 1.32. The molecular formula is C18H20N2O5S. The van der Waals surface area contributed by atoms with E-state index in [-0.39, 0.29) is 12.3 Å². The topological polar surface area (TPSA) is 98.5 Å². The number of benzene rings is 1. The van der Waals surface area contributed by atoms with Gasteiger partial charge in [-0.1, -0.05) is 6.92 Å². The van der Waals surface area contributed by atoms with Crippen molar-refractivity contribution in [2.75, 3.05) is 11.9 Å². The Bertz CT molecular complexity index is 873. The molecule has 1 N–H and O–H groups in total. The van der Waals surface area contributed by atoms with Crippen LogP contribution in [-0.4, -0.2) is 23.4 Å². The number of non-ortho nitro benzene ring substituents is 1. The molecular weight excluding hydrogens is 356 g/mol. The molecule has 2 rings (SSSR count). The summed E-state index contributed by atoms with van der Waals surface area (Å²) < 4.78 is 5.12. The Morgan fingerprint density at radius 2 is 1.96 bits per heavy atom. The second kappa shape index (κ2) is 8.09. The third-order valence-electron chi connectivity index (χ3n) is 3.93. The zero-order valence-corrected chi connectivity index (χ0v) is 15.9. The summed E-state index contributed by atoms with van der Waals surface area (Å²) in [5.41, 5.74) is 1.95. The molecule has 0 radical (unpaired) electrons. The number of nitro groups is 1. The molecule has 0 unspecified atom stereocenters. The van der Waals surface area contributed by atoms with Crippen molar-refractivity contribution in [3.8, 4) is 0 Å². The molecule has 0 aliphatic heterocycles. The van der Waals surface area contributed by atoms with Crippen LogP contribution in [0.5, 0.6) is 0 Å². The molecule has 0 aliphatic carbocycles. The molecule has 0 saturated carbocycles. The number of aryl methyl sites for hydroxylation is 2. The normalized spacial score (nSPS) is 10.5. The summed E-state index contributed by atoms with van der Waals surface area (Å²) in [6.07, 6.45) is 0.642. The minimum absolute atomic E-state index is 0.0773. The predicted octanol–water partition coefficient (Wildman–Crippen LogP) is 4.26. The Morgan fingerprint density at radius 1 is 1.27 bits per heavy atom. The van der Waals surface area contributed by atoms with E-state index in [0.717, 1.165) is 10.4 Å². The lowest BCUT2D eigenvalue weighted by molar-refractivity contribution is -0.384. The largest absolute Gasteiger partial charge is 0.462 e. The van der Waals surface area contributed by atoms with Crippen LogP contribution in [0.25, 0.3) is 0 Å². The number of amides is 1. The van der Waals surface area contributed by atoms with Crippen LogP contribution in [0.2, 0.25) is 0 Å². The number of hydrogen-bond donors (Lipinski definition) is 1. The van der Waals surface area contributed by atoms with Gasteiger partial charge in [-0.3, -0.25) is 14.9 Å². The molecule has 1 aromatic heterocycles. The van der Waals surface area contributed by atoms with Gasteiger partial charge in [-0.15, -0.1) is 11.3 Å². The summed E-state index contributed by atoms with van der Waals surface area (Å²) in [7, 11) is 0. The maximum atomic E-state index is 12.6. The number of ether oxygens (including phenoxy) is 1. The first-order valence-corrected chi connectivity index (χ1v) is 8.97. The van der Waals surface area contributed by atoms with Crippen LogP contribution >= 0.6 is 11.3 Å². The van der Waals surface area contributed by atoms with Gasteiger partial charge in [-0.2, -0.15) is 0 Å². The Labute approximate surface area is 155 Å². The van der Waals surface area contributed by atoms with Gasteiger partial charge in [0.2, 0.25) is 0 Å². The first kappa shape index (κ1) is 19.6. The molecule has 26 heavy (non-hydrogen) atoms. The standard InChI is InChI=1S/C18H20N2O5S/c1-5-13-11(4)26-17(15(13)18(22)25-6-2)19-16(21)14-8-7-12(20(23)24)9-10(14)3/h7-9H,5-6H2,1-4H3,(H,19,21). The van der Waals surface area contributed by atoms with Crippen LogP contribution in [0.1, 0.15) is 50.6 Å². The monoisotopic (exact) mass is 376 g/mol. The highest BCUT2D eigenvalue weighted by atomic mass is 32.1. The number of esters is 1. The summed E-state index contributed by atoms with van der Waals surface area (Å²) in [5, 5.41) is 14.0. The van der Waals surface area contributed by atoms with Crippen LogP contribution in [0.4, 0.5) is 10.7 Å². The second-order valence-corrected chi connectivity index (χ2v) is 6.85. The highest BCUT2D eigenvalue weighted by Gasteiger charge is 2.24. The van der Waals surface area contributed by atoms with E-state index in [1.165, 1.54) is 29.5 Å². The number of hydrogen-bond acceptors (Lipinski definition) is 6. The van der Waals surface area contributed by atoms with Gasteiger partial charge >= 0.3 is 5.97 Å². The smallest absolute Gasteiger partial charge is 0.341 e. The first-order chi connectivity index (χ1) is 12.3. The number of nitrogens with zero attached hydrogens (tertiary/aromatic N) is 1. The number of nitrogens with one attached hydrogen (secondary N) is 1. The molecule has 0 aliphatic rings. The van der Waals surface area contributed by atoms with E-state index in [1.807, 2.05) is 13.8 Å². The molecule has 138 valence electrons. The number of anilines is 1. The van der Waals surface area contributed by atoms with Gasteiger partial charge in [0.25, 0.3) is 11.6 Å². The molecule has 2 aromatic rings. The van der Waals surface area contributed by atoms with Crippen molar-refractivity contribution in [3.05, 3.63) is 55.4 Å². The summed E-state index contributed by atoms with van der Waals surface area (Å²) in [6, 6.07) is 4.04. The number of carbonyl (C=O) groups is 2. The summed E-state index contributed by atoms with van der Waals surface area (Å²) in [5.74, 6) is -0.892. The number of rotatable bonds is 6. The van der Waals surface area contributed by atoms with Gasteiger partial charge in [0.05, 0.1) is 17.1 Å². The lowest BCUT2D eigenvalue weighted by Crippen LogP contribution is -2.16. The SMILES string of the molecule is CCOC(=O)c1c(NC(=O)c2ccc([N+](=O)[O-])cc2C)sc(C)c1CC. The molecule has 0 bridgehead atoms. The molecule has 0 fully saturated rings. The van der Waals surface area contributed by atoms with Gasteiger partial charge in [0.1, 0.15) is 5.00 Å². The van der Waals surface area contributed by atoms with E-state index in [1.54, 1.807) is 13.8 Å². The van der Waals surface area contributed by atoms with Crippen molar-refractivity contribution < 1.29 is 19.2 Å². The lowest BCUT2D eigenvalue weighted by atomic mass is 10.1. The van der Waals surface area contributed by atoms with Crippen molar-refractivity contribution >= 4 is 33.9 Å². The first-order valence-electron chi connectivity index (χ1n) is 8.15. The van der Waals surface area contributed by atoms with Crippen LogP contribution in [0.15, 0.2) is 18.2 Å². The molecule has 1 amide bonds. The lowest BCUT2D eigenvalue weighted by Gasteiger charge is -2.09. The zero-order chi connectivity index (χ0) is 19.4. The van der Waals surface area contributed by atoms with E-state index < -0.39 is 16.8 Å². The minimum atomic E-state index is -0.510. The molecule has 0 saturated heterocycles. The maximum Gasteiger partial charge on any atom is 0.341 e. The molecule has 1 aromatic carbocycles. The second-order valence-electron chi connectivity index (χ2n) is 5.63. The number of thiophene rings is 1. The van der Waals surface area contributed by atoms with Crippen LogP contribution in [0.3, 0.4) is 0 Å². The van der Waals surface area contributed by atoms with Crippen molar-refractivity contribution in [3.63, 3.8) is 0 Å². The quantitative estimate of drug-likeness (QED) is 0.461. The maximum absolute atomic E-state index is 12.6. The fourth-order valence-electron chi connectivity index (χ4n) is 2.70. The average Bonchev–Trinajstić information content (AvgIpc) is 2.89. The van der Waals surface area contributed by atoms with E-state index in [0.29, 0.717) is 28.1 Å². The Hall–Kier alpha value is -2.74. The van der Waals surface area contributed by atoms with Crippen molar-refractivity contribution in [1.82, 2.24) is 0 Å². The van der Waals surface area contributed by atoms with E-state index >= 15 is 0 Å². The highest BCUT2D eigenvalue weighted by molar-refractivity contribution is 7.16. The third kappa shape index (κ3) is 3.91. The van der Waals surface area contributed by atoms with E-state index in [9.17, 15) is 19.7 Å². The molecule has 8 heteroatoms. The van der Waals surface area contributed by atoms with Crippen LogP contribution < -0.4 is 5.32 Å². The molecule has 0 spiro atoms. The Balaban J connectivity index is 2.38. The number of carbonyl (C=O) groups excluding carboxylic acids is 2. The van der Waals surface area contributed by atoms with Gasteiger partial charge in [0.15, 0.2) is 0 Å². The van der Waals surface area contributed by atoms with Crippen molar-refractivity contribution in [2.24, 2.45) is 0 Å². The van der Waals surface area contributed by atoms with Crippen molar-refractivity contribution in [1.29, 1.82) is 0 Å². The third-order valence-corrected chi connectivity index (χ3v) is 5.00. The Kier molecular flexibility index (Phi) is 6.10. The van der Waals surface area contributed by atoms with Gasteiger partial charge < -0.3 is 10.1 Å². The van der Waals surface area contributed by atoms with Crippen LogP contribution in [-0.2, 0) is 11.2 Å². The van der Waals surface area contributed by atoms with E-state index in [4.69, 9.17) is 4.74 Å². The molecule has 0 atom stereocenters. The average molecular weight is 376 g/mol. The summed E-state index contributed by atoms with van der Waals surface area (Å²) in [6.45, 7) is 7.42. The fraction of sp³-hybridized carbons (Fsp3) is 0.333. The Morgan fingerprint density at radius 3 is 2.50 bits per heavy atom. The van der Waals surface area contributed by atoms with Gasteiger partial charge in [-0.25, -0.2) is 4.79 Å². The van der Waals surface area contributed by atoms with Crippen LogP contribution in [0, 0.1) is 24.0 Å². The molecule has 1 heterocycles. The van der Waals surface area contributed by atoms with E-state index in [2.05, 4.69) is 5.32 Å². The molecule has 7 nitrogen and oxygen atoms in total. The number of nitro benzene ring substituents is 1. The minimum Gasteiger partial charge on any atom is -0.462 e.